The topological polar surface area (TPSA) is 38.8 Å². The molecule has 4 heteroatoms. The quantitative estimate of drug-likeness (QED) is 0.836. The number of hydrogen-bond acceptors (Lipinski definition) is 3. The van der Waals surface area contributed by atoms with Crippen LogP contribution in [0.25, 0.3) is 0 Å². The Morgan fingerprint density at radius 1 is 1.24 bits per heavy atom. The van der Waals surface area contributed by atoms with Crippen LogP contribution in [-0.2, 0) is 4.79 Å². The van der Waals surface area contributed by atoms with E-state index in [0.717, 1.165) is 18.6 Å². The fraction of sp³-hybridized carbons (Fsp3) is 0.588. The first-order chi connectivity index (χ1) is 10.1. The van der Waals surface area contributed by atoms with E-state index >= 15 is 0 Å². The van der Waals surface area contributed by atoms with Gasteiger partial charge in [0.2, 0.25) is 0 Å². The van der Waals surface area contributed by atoms with Crippen molar-refractivity contribution in [3.63, 3.8) is 0 Å². The van der Waals surface area contributed by atoms with E-state index in [1.807, 2.05) is 30.1 Å². The molecule has 0 bridgehead atoms. The van der Waals surface area contributed by atoms with Crippen molar-refractivity contribution < 1.29 is 14.3 Å². The molecule has 2 rings (SSSR count). The zero-order valence-electron chi connectivity index (χ0n) is 13.2. The molecule has 0 aromatic heterocycles. The third kappa shape index (κ3) is 4.13. The Labute approximate surface area is 127 Å². The number of amides is 1. The summed E-state index contributed by atoms with van der Waals surface area (Å²) in [5, 5.41) is 0. The van der Waals surface area contributed by atoms with Crippen LogP contribution in [0.5, 0.6) is 11.5 Å². The summed E-state index contributed by atoms with van der Waals surface area (Å²) in [4.78, 5) is 14.3. The molecule has 1 aliphatic carbocycles. The number of carbonyl (C=O) groups excluding carboxylic acids is 1. The summed E-state index contributed by atoms with van der Waals surface area (Å²) in [7, 11) is 3.51. The second kappa shape index (κ2) is 7.34. The van der Waals surface area contributed by atoms with Crippen LogP contribution in [0.15, 0.2) is 24.3 Å². The highest BCUT2D eigenvalue weighted by molar-refractivity contribution is 5.81. The lowest BCUT2D eigenvalue weighted by Gasteiger charge is -2.32. The molecule has 1 aromatic rings. The fourth-order valence-electron chi connectivity index (χ4n) is 2.86. The summed E-state index contributed by atoms with van der Waals surface area (Å²) in [5.74, 6) is 1.43. The van der Waals surface area contributed by atoms with E-state index in [0.29, 0.717) is 11.8 Å². The van der Waals surface area contributed by atoms with Crippen LogP contribution >= 0.6 is 0 Å². The second-order valence-electron chi connectivity index (χ2n) is 5.68. The molecule has 0 spiro atoms. The van der Waals surface area contributed by atoms with Crippen molar-refractivity contribution >= 4 is 5.91 Å². The van der Waals surface area contributed by atoms with E-state index in [1.165, 1.54) is 19.3 Å². The van der Waals surface area contributed by atoms with E-state index in [4.69, 9.17) is 9.47 Å². The lowest BCUT2D eigenvalue weighted by atomic mass is 9.94. The molecule has 1 atom stereocenters. The first kappa shape index (κ1) is 15.7. The Balaban J connectivity index is 1.94. The first-order valence-electron chi connectivity index (χ1n) is 7.69. The van der Waals surface area contributed by atoms with E-state index in [1.54, 1.807) is 20.1 Å². The van der Waals surface area contributed by atoms with E-state index in [9.17, 15) is 4.79 Å². The number of rotatable bonds is 5. The van der Waals surface area contributed by atoms with E-state index in [-0.39, 0.29) is 5.91 Å². The highest BCUT2D eigenvalue weighted by Gasteiger charge is 2.26. The summed E-state index contributed by atoms with van der Waals surface area (Å²) < 4.78 is 10.9. The number of hydrogen-bond donors (Lipinski definition) is 0. The molecule has 0 radical (unpaired) electrons. The molecule has 4 nitrogen and oxygen atoms in total. The minimum Gasteiger partial charge on any atom is -0.497 e. The molecular formula is C17H25NO3. The van der Waals surface area contributed by atoms with Gasteiger partial charge < -0.3 is 14.4 Å². The van der Waals surface area contributed by atoms with Crippen LogP contribution in [0.1, 0.15) is 39.0 Å². The molecule has 0 unspecified atom stereocenters. The zero-order valence-corrected chi connectivity index (χ0v) is 13.2. The van der Waals surface area contributed by atoms with Crippen LogP contribution in [-0.4, -0.2) is 37.1 Å². The van der Waals surface area contributed by atoms with Crippen LogP contribution < -0.4 is 9.47 Å². The van der Waals surface area contributed by atoms with Crippen molar-refractivity contribution in [3.8, 4) is 11.5 Å². The lowest BCUT2D eigenvalue weighted by molar-refractivity contribution is -0.139. The van der Waals surface area contributed by atoms with Gasteiger partial charge in [0.1, 0.15) is 11.5 Å². The maximum absolute atomic E-state index is 12.5. The summed E-state index contributed by atoms with van der Waals surface area (Å²) in [6.07, 6.45) is 5.45. The Kier molecular flexibility index (Phi) is 5.48. The number of methoxy groups -OCH3 is 1. The Morgan fingerprint density at radius 2 is 1.90 bits per heavy atom. The molecule has 0 heterocycles. The van der Waals surface area contributed by atoms with E-state index < -0.39 is 6.10 Å². The van der Waals surface area contributed by atoms with Gasteiger partial charge in [-0.2, -0.15) is 0 Å². The van der Waals surface area contributed by atoms with Crippen molar-refractivity contribution in [3.05, 3.63) is 24.3 Å². The molecule has 1 aliphatic rings. The maximum Gasteiger partial charge on any atom is 0.263 e. The second-order valence-corrected chi connectivity index (χ2v) is 5.68. The van der Waals surface area contributed by atoms with Gasteiger partial charge in [0.25, 0.3) is 5.91 Å². The predicted octanol–water partition coefficient (Wildman–Crippen LogP) is 3.25. The molecular weight excluding hydrogens is 266 g/mol. The molecule has 0 N–H and O–H groups in total. The van der Waals surface area contributed by atoms with Crippen molar-refractivity contribution in [2.45, 2.75) is 51.2 Å². The van der Waals surface area contributed by atoms with Gasteiger partial charge in [0, 0.05) is 19.2 Å². The number of likely N-dealkylation sites (N-methyl/N-ethyl adjacent to an activating group) is 1. The van der Waals surface area contributed by atoms with Gasteiger partial charge in [-0.15, -0.1) is 0 Å². The van der Waals surface area contributed by atoms with Crippen LogP contribution in [0.4, 0.5) is 0 Å². The summed E-state index contributed by atoms with van der Waals surface area (Å²) in [5.41, 5.74) is 0. The molecule has 116 valence electrons. The third-order valence-electron chi connectivity index (χ3n) is 4.17. The van der Waals surface area contributed by atoms with Gasteiger partial charge in [-0.1, -0.05) is 25.3 Å². The number of benzene rings is 1. The van der Waals surface area contributed by atoms with Crippen molar-refractivity contribution in [1.29, 1.82) is 0 Å². The average molecular weight is 291 g/mol. The van der Waals surface area contributed by atoms with E-state index in [2.05, 4.69) is 0 Å². The highest BCUT2D eigenvalue weighted by atomic mass is 16.5. The number of carbonyl (C=O) groups is 1. The third-order valence-corrected chi connectivity index (χ3v) is 4.17. The van der Waals surface area contributed by atoms with Gasteiger partial charge in [0.05, 0.1) is 7.11 Å². The standard InChI is InChI=1S/C17H25NO3/c1-13(21-16-11-7-10-15(12-16)20-3)17(19)18(2)14-8-5-4-6-9-14/h7,10-14H,4-6,8-9H2,1-3H3/t13-/m1/s1. The van der Waals surface area contributed by atoms with Crippen molar-refractivity contribution in [2.24, 2.45) is 0 Å². The monoisotopic (exact) mass is 291 g/mol. The van der Waals surface area contributed by atoms with Crippen molar-refractivity contribution in [2.75, 3.05) is 14.2 Å². The Hall–Kier alpha value is -1.71. The first-order valence-corrected chi connectivity index (χ1v) is 7.69. The molecule has 0 saturated heterocycles. The summed E-state index contributed by atoms with van der Waals surface area (Å²) in [6, 6.07) is 7.71. The van der Waals surface area contributed by atoms with Gasteiger partial charge in [0.15, 0.2) is 6.10 Å². The van der Waals surface area contributed by atoms with Crippen LogP contribution in [0.3, 0.4) is 0 Å². The number of ether oxygens (including phenoxy) is 2. The van der Waals surface area contributed by atoms with Crippen LogP contribution in [0.2, 0.25) is 0 Å². The average Bonchev–Trinajstić information content (AvgIpc) is 2.54. The largest absolute Gasteiger partial charge is 0.497 e. The molecule has 21 heavy (non-hydrogen) atoms. The molecule has 1 saturated carbocycles. The van der Waals surface area contributed by atoms with Gasteiger partial charge >= 0.3 is 0 Å². The molecule has 1 aromatic carbocycles. The zero-order chi connectivity index (χ0) is 15.2. The maximum atomic E-state index is 12.5. The predicted molar refractivity (Wildman–Crippen MR) is 82.7 cm³/mol. The normalized spacial score (nSPS) is 17.1. The molecule has 1 fully saturated rings. The fourth-order valence-corrected chi connectivity index (χ4v) is 2.86. The smallest absolute Gasteiger partial charge is 0.263 e. The molecule has 1 amide bonds. The molecule has 0 aliphatic heterocycles. The lowest BCUT2D eigenvalue weighted by Crippen LogP contribution is -2.44. The van der Waals surface area contributed by atoms with Gasteiger partial charge in [-0.05, 0) is 31.9 Å². The van der Waals surface area contributed by atoms with Crippen LogP contribution in [0, 0.1) is 0 Å². The minimum atomic E-state index is -0.482. The summed E-state index contributed by atoms with van der Waals surface area (Å²) in [6.45, 7) is 1.81. The van der Waals surface area contributed by atoms with Gasteiger partial charge in [-0.25, -0.2) is 0 Å². The highest BCUT2D eigenvalue weighted by Crippen LogP contribution is 2.24. The SMILES string of the molecule is COc1cccc(O[C@H](C)C(=O)N(C)C2CCCCC2)c1. The summed E-state index contributed by atoms with van der Waals surface area (Å²) >= 11 is 0. The number of nitrogens with zero attached hydrogens (tertiary/aromatic N) is 1. The Bertz CT molecular complexity index is 469. The minimum absolute atomic E-state index is 0.0460. The van der Waals surface area contributed by atoms with Crippen molar-refractivity contribution in [1.82, 2.24) is 4.90 Å². The van der Waals surface area contributed by atoms with Gasteiger partial charge in [-0.3, -0.25) is 4.79 Å². The Morgan fingerprint density at radius 3 is 2.57 bits per heavy atom.